The van der Waals surface area contributed by atoms with Gasteiger partial charge >= 0.3 is 0 Å². The van der Waals surface area contributed by atoms with E-state index in [2.05, 4.69) is 46.4 Å². The van der Waals surface area contributed by atoms with Gasteiger partial charge in [-0.15, -0.1) is 11.3 Å². The summed E-state index contributed by atoms with van der Waals surface area (Å²) in [6.07, 6.45) is 0. The molecule has 0 saturated carbocycles. The van der Waals surface area contributed by atoms with E-state index in [1.807, 2.05) is 7.05 Å². The molecule has 1 aliphatic rings. The largest absolute Gasteiger partial charge is 0.314 e. The Morgan fingerprint density at radius 2 is 2.06 bits per heavy atom. The molecular weight excluding hydrogens is 244 g/mol. The van der Waals surface area contributed by atoms with Crippen molar-refractivity contribution in [1.29, 1.82) is 0 Å². The molecule has 2 heterocycles. The summed E-state index contributed by atoms with van der Waals surface area (Å²) in [7, 11) is 4.19. The maximum absolute atomic E-state index is 4.66. The van der Waals surface area contributed by atoms with Crippen molar-refractivity contribution in [3.63, 3.8) is 0 Å². The van der Waals surface area contributed by atoms with Gasteiger partial charge in [-0.3, -0.25) is 9.80 Å². The molecular formula is C13H24N4S. The van der Waals surface area contributed by atoms with Crippen molar-refractivity contribution in [2.24, 2.45) is 0 Å². The Hall–Kier alpha value is -0.490. The predicted octanol–water partition coefficient (Wildman–Crippen LogP) is 1.39. The molecule has 1 saturated heterocycles. The van der Waals surface area contributed by atoms with Crippen molar-refractivity contribution in [3.8, 4) is 0 Å². The second-order valence-corrected chi connectivity index (χ2v) is 6.26. The molecule has 5 heteroatoms. The molecule has 1 N–H and O–H groups in total. The Kier molecular flexibility index (Phi) is 4.72. The number of nitrogens with zero attached hydrogens (tertiary/aromatic N) is 3. The fraction of sp³-hybridized carbons (Fsp3) is 0.769. The normalized spacial score (nSPS) is 26.7. The third-order valence-corrected chi connectivity index (χ3v) is 4.65. The first-order chi connectivity index (χ1) is 8.60. The number of rotatable bonds is 4. The Balaban J connectivity index is 1.92. The molecule has 2 unspecified atom stereocenters. The zero-order valence-electron chi connectivity index (χ0n) is 11.8. The quantitative estimate of drug-likeness (QED) is 0.894. The lowest BCUT2D eigenvalue weighted by Gasteiger charge is -2.42. The summed E-state index contributed by atoms with van der Waals surface area (Å²) in [5, 5.41) is 6.53. The van der Waals surface area contributed by atoms with Gasteiger partial charge in [-0.25, -0.2) is 4.98 Å². The van der Waals surface area contributed by atoms with Gasteiger partial charge in [-0.1, -0.05) is 0 Å². The molecule has 18 heavy (non-hydrogen) atoms. The first kappa shape index (κ1) is 13.9. The van der Waals surface area contributed by atoms with Gasteiger partial charge in [0.25, 0.3) is 0 Å². The first-order valence-electron chi connectivity index (χ1n) is 6.62. The molecule has 0 spiro atoms. The second kappa shape index (κ2) is 6.10. The Labute approximate surface area is 114 Å². The number of likely N-dealkylation sites (N-methyl/N-ethyl adjacent to an activating group) is 1. The minimum absolute atomic E-state index is 0.629. The molecule has 0 aliphatic carbocycles. The molecule has 0 radical (unpaired) electrons. The summed E-state index contributed by atoms with van der Waals surface area (Å²) in [4.78, 5) is 9.65. The van der Waals surface area contributed by atoms with Crippen LogP contribution < -0.4 is 5.32 Å². The van der Waals surface area contributed by atoms with Gasteiger partial charge in [-0.05, 0) is 27.9 Å². The average molecular weight is 268 g/mol. The molecule has 2 rings (SSSR count). The van der Waals surface area contributed by atoms with Crippen LogP contribution in [-0.2, 0) is 13.1 Å². The van der Waals surface area contributed by atoms with Crippen LogP contribution in [0.3, 0.4) is 0 Å². The summed E-state index contributed by atoms with van der Waals surface area (Å²) in [5.41, 5.74) is 1.22. The van der Waals surface area contributed by atoms with Crippen LogP contribution in [0.1, 0.15) is 24.5 Å². The summed E-state index contributed by atoms with van der Waals surface area (Å²) < 4.78 is 0. The molecule has 1 fully saturated rings. The number of thiazole rings is 1. The summed E-state index contributed by atoms with van der Waals surface area (Å²) in [6.45, 7) is 8.74. The fourth-order valence-corrected chi connectivity index (χ4v) is 3.32. The van der Waals surface area contributed by atoms with Gasteiger partial charge < -0.3 is 5.32 Å². The van der Waals surface area contributed by atoms with Crippen LogP contribution >= 0.6 is 11.3 Å². The Morgan fingerprint density at radius 1 is 1.39 bits per heavy atom. The van der Waals surface area contributed by atoms with E-state index in [4.69, 9.17) is 0 Å². The highest BCUT2D eigenvalue weighted by molar-refractivity contribution is 7.09. The minimum Gasteiger partial charge on any atom is -0.314 e. The van der Waals surface area contributed by atoms with Crippen LogP contribution in [0.4, 0.5) is 0 Å². The lowest BCUT2D eigenvalue weighted by molar-refractivity contribution is 0.0550. The van der Waals surface area contributed by atoms with E-state index in [0.29, 0.717) is 12.1 Å². The van der Waals surface area contributed by atoms with Gasteiger partial charge in [0.05, 0.1) is 5.69 Å². The molecule has 0 bridgehead atoms. The standard InChI is InChI=1S/C13H24N4S/c1-10-6-17(7-11(2)16(10)4)8-12-9-18-13(15-12)5-14-3/h9-11,14H,5-8H2,1-4H3. The van der Waals surface area contributed by atoms with E-state index in [9.17, 15) is 0 Å². The van der Waals surface area contributed by atoms with Gasteiger partial charge in [0.15, 0.2) is 0 Å². The first-order valence-corrected chi connectivity index (χ1v) is 7.50. The van der Waals surface area contributed by atoms with Crippen LogP contribution in [0.25, 0.3) is 0 Å². The van der Waals surface area contributed by atoms with E-state index in [1.165, 1.54) is 10.7 Å². The lowest BCUT2D eigenvalue weighted by atomic mass is 10.1. The highest BCUT2D eigenvalue weighted by atomic mass is 32.1. The van der Waals surface area contributed by atoms with Gasteiger partial charge in [0, 0.05) is 43.6 Å². The summed E-state index contributed by atoms with van der Waals surface area (Å²) >= 11 is 1.75. The maximum atomic E-state index is 4.66. The third kappa shape index (κ3) is 3.29. The molecule has 4 nitrogen and oxygen atoms in total. The van der Waals surface area contributed by atoms with Crippen molar-refractivity contribution >= 4 is 11.3 Å². The second-order valence-electron chi connectivity index (χ2n) is 5.32. The maximum Gasteiger partial charge on any atom is 0.107 e. The van der Waals surface area contributed by atoms with Crippen molar-refractivity contribution in [3.05, 3.63) is 16.1 Å². The smallest absolute Gasteiger partial charge is 0.107 e. The van der Waals surface area contributed by atoms with Crippen LogP contribution in [0.2, 0.25) is 0 Å². The lowest BCUT2D eigenvalue weighted by Crippen LogP contribution is -2.54. The van der Waals surface area contributed by atoms with Crippen LogP contribution in [0, 0.1) is 0 Å². The Bertz CT molecular complexity index is 367. The number of piperazine rings is 1. The van der Waals surface area contributed by atoms with Gasteiger partial charge in [-0.2, -0.15) is 0 Å². The molecule has 1 aliphatic heterocycles. The van der Waals surface area contributed by atoms with E-state index >= 15 is 0 Å². The highest BCUT2D eigenvalue weighted by Crippen LogP contribution is 2.17. The molecule has 1 aromatic rings. The van der Waals surface area contributed by atoms with Crippen LogP contribution in [0.5, 0.6) is 0 Å². The number of nitrogens with one attached hydrogen (secondary N) is 1. The van der Waals surface area contributed by atoms with Crippen LogP contribution in [-0.4, -0.2) is 54.1 Å². The average Bonchev–Trinajstić information content (AvgIpc) is 2.74. The topological polar surface area (TPSA) is 31.4 Å². The molecule has 2 atom stereocenters. The van der Waals surface area contributed by atoms with E-state index < -0.39 is 0 Å². The minimum atomic E-state index is 0.629. The summed E-state index contributed by atoms with van der Waals surface area (Å²) in [5.74, 6) is 0. The highest BCUT2D eigenvalue weighted by Gasteiger charge is 2.26. The zero-order chi connectivity index (χ0) is 13.1. The number of hydrogen-bond acceptors (Lipinski definition) is 5. The van der Waals surface area contributed by atoms with E-state index in [-0.39, 0.29) is 0 Å². The predicted molar refractivity (Wildman–Crippen MR) is 76.8 cm³/mol. The van der Waals surface area contributed by atoms with Crippen LogP contribution in [0.15, 0.2) is 5.38 Å². The Morgan fingerprint density at radius 3 is 2.67 bits per heavy atom. The fourth-order valence-electron chi connectivity index (χ4n) is 2.53. The van der Waals surface area contributed by atoms with Gasteiger partial charge in [0.2, 0.25) is 0 Å². The SMILES string of the molecule is CNCc1nc(CN2CC(C)N(C)C(C)C2)cs1. The zero-order valence-corrected chi connectivity index (χ0v) is 12.6. The number of aromatic nitrogens is 1. The van der Waals surface area contributed by atoms with Crippen molar-refractivity contribution < 1.29 is 0 Å². The molecule has 102 valence electrons. The monoisotopic (exact) mass is 268 g/mol. The van der Waals surface area contributed by atoms with E-state index in [0.717, 1.165) is 26.2 Å². The van der Waals surface area contributed by atoms with Crippen molar-refractivity contribution in [2.45, 2.75) is 39.0 Å². The summed E-state index contributed by atoms with van der Waals surface area (Å²) in [6, 6.07) is 1.26. The van der Waals surface area contributed by atoms with Crippen molar-refractivity contribution in [2.75, 3.05) is 27.2 Å². The molecule has 0 amide bonds. The van der Waals surface area contributed by atoms with Crippen molar-refractivity contribution in [1.82, 2.24) is 20.1 Å². The molecule has 1 aromatic heterocycles. The molecule has 0 aromatic carbocycles. The third-order valence-electron chi connectivity index (χ3n) is 3.75. The van der Waals surface area contributed by atoms with Gasteiger partial charge in [0.1, 0.15) is 5.01 Å². The van der Waals surface area contributed by atoms with E-state index in [1.54, 1.807) is 11.3 Å². The number of hydrogen-bond donors (Lipinski definition) is 1.